The molecule has 1 radical (unpaired) electrons. The van der Waals surface area contributed by atoms with Crippen molar-refractivity contribution in [1.29, 1.82) is 0 Å². The van der Waals surface area contributed by atoms with Crippen molar-refractivity contribution in [2.75, 3.05) is 5.48 Å². The molecule has 0 bridgehead atoms. The van der Waals surface area contributed by atoms with Crippen LogP contribution < -0.4 is 5.48 Å². The topological polar surface area (TPSA) is 49.3 Å². The maximum absolute atomic E-state index is 13.5. The van der Waals surface area contributed by atoms with E-state index in [0.29, 0.717) is 0 Å². The molecule has 0 aromatic heterocycles. The first-order chi connectivity index (χ1) is 8.65. The van der Waals surface area contributed by atoms with Crippen molar-refractivity contribution < 1.29 is 14.4 Å². The van der Waals surface area contributed by atoms with Crippen molar-refractivity contribution in [1.82, 2.24) is 0 Å². The Morgan fingerprint density at radius 2 is 2.06 bits per heavy atom. The predicted molar refractivity (Wildman–Crippen MR) is 65.5 cm³/mol. The van der Waals surface area contributed by atoms with Crippen LogP contribution in [0.5, 0.6) is 0 Å². The molecule has 5 heteroatoms. The van der Waals surface area contributed by atoms with Crippen LogP contribution in [0.2, 0.25) is 5.02 Å². The molecule has 0 saturated carbocycles. The average Bonchev–Trinajstić information content (AvgIpc) is 2.38. The number of benzene rings is 2. The summed E-state index contributed by atoms with van der Waals surface area (Å²) < 4.78 is 13.5. The van der Waals surface area contributed by atoms with Crippen LogP contribution in [0.4, 0.5) is 10.1 Å². The molecular weight excluding hydrogens is 257 g/mol. The number of hydrogen-bond donors (Lipinski definition) is 2. The zero-order chi connectivity index (χ0) is 13.1. The van der Waals surface area contributed by atoms with Gasteiger partial charge in [-0.25, -0.2) is 4.39 Å². The van der Waals surface area contributed by atoms with E-state index in [4.69, 9.17) is 16.8 Å². The maximum Gasteiger partial charge on any atom is 0.198 e. The van der Waals surface area contributed by atoms with Crippen molar-refractivity contribution in [3.63, 3.8) is 0 Å². The molecular formula is C13H8ClFNO2. The lowest BCUT2D eigenvalue weighted by molar-refractivity contribution is 0.103. The van der Waals surface area contributed by atoms with Gasteiger partial charge in [0.25, 0.3) is 0 Å². The third kappa shape index (κ3) is 2.20. The minimum atomic E-state index is -0.639. The summed E-state index contributed by atoms with van der Waals surface area (Å²) in [6.07, 6.45) is 0. The molecule has 0 aliphatic heterocycles. The van der Waals surface area contributed by atoms with Crippen LogP contribution in [-0.4, -0.2) is 11.0 Å². The fourth-order valence-corrected chi connectivity index (χ4v) is 1.74. The number of ketones is 1. The molecule has 2 aromatic rings. The zero-order valence-corrected chi connectivity index (χ0v) is 9.83. The van der Waals surface area contributed by atoms with E-state index >= 15 is 0 Å². The van der Waals surface area contributed by atoms with Gasteiger partial charge >= 0.3 is 0 Å². The highest BCUT2D eigenvalue weighted by Gasteiger charge is 2.18. The van der Waals surface area contributed by atoms with Gasteiger partial charge in [0, 0.05) is 0 Å². The van der Waals surface area contributed by atoms with Crippen molar-refractivity contribution in [3.05, 3.63) is 64.4 Å². The normalized spacial score (nSPS) is 10.2. The lowest BCUT2D eigenvalue weighted by atomic mass is 10.0. The van der Waals surface area contributed by atoms with Crippen LogP contribution in [0, 0.1) is 11.9 Å². The number of rotatable bonds is 3. The Kier molecular flexibility index (Phi) is 3.60. The number of halogens is 2. The molecule has 0 unspecified atom stereocenters. The lowest BCUT2D eigenvalue weighted by Crippen LogP contribution is -2.08. The summed E-state index contributed by atoms with van der Waals surface area (Å²) in [4.78, 5) is 12.1. The number of carbonyl (C=O) groups excluding carboxylic acids is 1. The Morgan fingerprint density at radius 1 is 1.33 bits per heavy atom. The van der Waals surface area contributed by atoms with Crippen LogP contribution in [-0.2, 0) is 0 Å². The molecule has 0 atom stereocenters. The molecule has 0 heterocycles. The monoisotopic (exact) mass is 264 g/mol. The third-order valence-corrected chi connectivity index (χ3v) is 2.72. The summed E-state index contributed by atoms with van der Waals surface area (Å²) in [5, 5.41) is 9.11. The number of nitrogens with one attached hydrogen (secondary N) is 1. The second-order valence-corrected chi connectivity index (χ2v) is 3.90. The van der Waals surface area contributed by atoms with E-state index in [2.05, 4.69) is 6.07 Å². The van der Waals surface area contributed by atoms with E-state index in [1.165, 1.54) is 30.3 Å². The predicted octanol–water partition coefficient (Wildman–Crippen LogP) is 3.31. The molecule has 0 amide bonds. The van der Waals surface area contributed by atoms with Gasteiger partial charge in [0.05, 0.1) is 21.8 Å². The quantitative estimate of drug-likeness (QED) is 0.660. The Morgan fingerprint density at radius 3 is 2.72 bits per heavy atom. The maximum atomic E-state index is 13.5. The Hall–Kier alpha value is -1.91. The fraction of sp³-hybridized carbons (Fsp3) is 0. The average molecular weight is 265 g/mol. The van der Waals surface area contributed by atoms with Gasteiger partial charge in [-0.3, -0.25) is 15.5 Å². The Balaban J connectivity index is 2.54. The van der Waals surface area contributed by atoms with Crippen LogP contribution in [0.15, 0.2) is 36.4 Å². The van der Waals surface area contributed by atoms with E-state index in [1.54, 1.807) is 6.07 Å². The minimum absolute atomic E-state index is 0.00687. The molecule has 2 rings (SSSR count). The van der Waals surface area contributed by atoms with Crippen molar-refractivity contribution >= 4 is 23.1 Å². The SMILES string of the molecule is O=C(c1[c]ccc(Cl)c1NO)c1ccccc1F. The molecule has 3 nitrogen and oxygen atoms in total. The number of hydrogen-bond acceptors (Lipinski definition) is 3. The summed E-state index contributed by atoms with van der Waals surface area (Å²) >= 11 is 5.81. The number of carbonyl (C=O) groups is 1. The van der Waals surface area contributed by atoms with E-state index in [1.807, 2.05) is 5.48 Å². The summed E-state index contributed by atoms with van der Waals surface area (Å²) in [6.45, 7) is 0. The van der Waals surface area contributed by atoms with Crippen molar-refractivity contribution in [2.45, 2.75) is 0 Å². The molecule has 0 aliphatic carbocycles. The molecule has 0 saturated heterocycles. The molecule has 0 aliphatic rings. The van der Waals surface area contributed by atoms with E-state index in [9.17, 15) is 9.18 Å². The minimum Gasteiger partial charge on any atom is -0.291 e. The summed E-state index contributed by atoms with van der Waals surface area (Å²) in [6, 6.07) is 11.1. The highest BCUT2D eigenvalue weighted by Crippen LogP contribution is 2.27. The first-order valence-corrected chi connectivity index (χ1v) is 5.42. The van der Waals surface area contributed by atoms with Crippen molar-refractivity contribution in [3.8, 4) is 0 Å². The Bertz CT molecular complexity index is 601. The van der Waals surface area contributed by atoms with Gasteiger partial charge in [0.15, 0.2) is 5.78 Å². The highest BCUT2D eigenvalue weighted by molar-refractivity contribution is 6.34. The van der Waals surface area contributed by atoms with E-state index in [0.717, 1.165) is 0 Å². The van der Waals surface area contributed by atoms with Crippen LogP contribution in [0.3, 0.4) is 0 Å². The highest BCUT2D eigenvalue weighted by atomic mass is 35.5. The summed E-state index contributed by atoms with van der Waals surface area (Å²) in [7, 11) is 0. The first kappa shape index (κ1) is 12.5. The Labute approximate surface area is 108 Å². The molecule has 18 heavy (non-hydrogen) atoms. The van der Waals surface area contributed by atoms with Gasteiger partial charge in [0.2, 0.25) is 0 Å². The zero-order valence-electron chi connectivity index (χ0n) is 9.08. The van der Waals surface area contributed by atoms with E-state index < -0.39 is 11.6 Å². The fourth-order valence-electron chi connectivity index (χ4n) is 1.54. The largest absolute Gasteiger partial charge is 0.291 e. The van der Waals surface area contributed by atoms with Crippen LogP contribution >= 0.6 is 11.6 Å². The first-order valence-electron chi connectivity index (χ1n) is 5.04. The second kappa shape index (κ2) is 5.16. The molecule has 2 N–H and O–H groups in total. The molecule has 91 valence electrons. The summed E-state index contributed by atoms with van der Waals surface area (Å²) in [5.41, 5.74) is 1.71. The van der Waals surface area contributed by atoms with Crippen molar-refractivity contribution in [2.24, 2.45) is 0 Å². The second-order valence-electron chi connectivity index (χ2n) is 3.50. The van der Waals surface area contributed by atoms with Gasteiger partial charge < -0.3 is 0 Å². The number of anilines is 1. The van der Waals surface area contributed by atoms with E-state index in [-0.39, 0.29) is 21.8 Å². The molecule has 0 spiro atoms. The van der Waals surface area contributed by atoms with Gasteiger partial charge in [-0.05, 0) is 24.3 Å². The molecule has 2 aromatic carbocycles. The van der Waals surface area contributed by atoms with Gasteiger partial charge in [0.1, 0.15) is 5.82 Å². The van der Waals surface area contributed by atoms with Crippen LogP contribution in [0.25, 0.3) is 0 Å². The summed E-state index contributed by atoms with van der Waals surface area (Å²) in [5.74, 6) is -1.24. The smallest absolute Gasteiger partial charge is 0.198 e. The lowest BCUT2D eigenvalue weighted by Gasteiger charge is -2.09. The standard InChI is InChI=1S/C13H8ClFNO2/c14-10-6-3-5-9(12(10)16-18)13(17)8-4-1-2-7-11(8)15/h1-4,6-7,16,18H. The third-order valence-electron chi connectivity index (χ3n) is 2.40. The van der Waals surface area contributed by atoms with Crippen LogP contribution in [0.1, 0.15) is 15.9 Å². The van der Waals surface area contributed by atoms with Gasteiger partial charge in [-0.2, -0.15) is 0 Å². The molecule has 0 fully saturated rings. The van der Waals surface area contributed by atoms with Gasteiger partial charge in [-0.1, -0.05) is 29.8 Å². The van der Waals surface area contributed by atoms with Gasteiger partial charge in [-0.15, -0.1) is 0 Å².